The van der Waals surface area contributed by atoms with Crippen molar-refractivity contribution < 1.29 is 9.53 Å². The number of aromatic nitrogens is 2. The Morgan fingerprint density at radius 2 is 1.86 bits per heavy atom. The molecule has 0 bridgehead atoms. The van der Waals surface area contributed by atoms with Crippen molar-refractivity contribution in [3.05, 3.63) is 88.8 Å². The minimum Gasteiger partial charge on any atom is -0.496 e. The minimum absolute atomic E-state index is 0.295. The van der Waals surface area contributed by atoms with Crippen LogP contribution in [-0.2, 0) is 0 Å². The molecule has 0 atom stereocenters. The molecule has 138 valence electrons. The summed E-state index contributed by atoms with van der Waals surface area (Å²) in [6.07, 6.45) is 1.52. The molecule has 1 heterocycles. The highest BCUT2D eigenvalue weighted by molar-refractivity contribution is 6.12. The van der Waals surface area contributed by atoms with Gasteiger partial charge in [-0.2, -0.15) is 5.10 Å². The zero-order valence-electron chi connectivity index (χ0n) is 15.1. The van der Waals surface area contributed by atoms with Gasteiger partial charge in [0.2, 0.25) is 0 Å². The first-order valence-electron chi connectivity index (χ1n) is 8.68. The summed E-state index contributed by atoms with van der Waals surface area (Å²) in [7, 11) is 1.62. The van der Waals surface area contributed by atoms with Crippen molar-refractivity contribution in [2.24, 2.45) is 0 Å². The lowest BCUT2D eigenvalue weighted by atomic mass is 10.0. The number of H-pyrrole nitrogens is 1. The first-order chi connectivity index (χ1) is 13.7. The number of rotatable bonds is 4. The van der Waals surface area contributed by atoms with Crippen LogP contribution in [0, 0.1) is 0 Å². The standard InChI is InChI=1S/C22H17N3O3/c1-28-19-11-3-2-9-17(19)14-6-4-8-16(12-14)24-21(26)18-10-5-7-15-13-23-25-22(27)20(15)18/h2-13H,1H3,(H,24,26)(H,25,27). The Morgan fingerprint density at radius 3 is 2.71 bits per heavy atom. The summed E-state index contributed by atoms with van der Waals surface area (Å²) in [4.78, 5) is 25.0. The molecule has 0 spiro atoms. The fraction of sp³-hybridized carbons (Fsp3) is 0.0455. The van der Waals surface area contributed by atoms with Crippen molar-refractivity contribution in [3.8, 4) is 16.9 Å². The van der Waals surface area contributed by atoms with Gasteiger partial charge in [0.1, 0.15) is 5.75 Å². The highest BCUT2D eigenvalue weighted by Crippen LogP contribution is 2.31. The summed E-state index contributed by atoms with van der Waals surface area (Å²) >= 11 is 0. The lowest BCUT2D eigenvalue weighted by molar-refractivity contribution is 0.102. The molecule has 0 saturated carbocycles. The van der Waals surface area contributed by atoms with E-state index in [2.05, 4.69) is 15.5 Å². The Bertz CT molecular complexity index is 1230. The van der Waals surface area contributed by atoms with Crippen molar-refractivity contribution in [2.45, 2.75) is 0 Å². The van der Waals surface area contributed by atoms with E-state index in [-0.39, 0.29) is 5.91 Å². The number of ether oxygens (including phenoxy) is 1. The van der Waals surface area contributed by atoms with Crippen LogP contribution < -0.4 is 15.6 Å². The van der Waals surface area contributed by atoms with Crippen LogP contribution in [0.4, 0.5) is 5.69 Å². The molecule has 4 rings (SSSR count). The van der Waals surface area contributed by atoms with Crippen LogP contribution in [-0.4, -0.2) is 23.2 Å². The van der Waals surface area contributed by atoms with Gasteiger partial charge >= 0.3 is 0 Å². The molecule has 0 radical (unpaired) electrons. The Hall–Kier alpha value is -3.93. The van der Waals surface area contributed by atoms with Crippen molar-refractivity contribution >= 4 is 22.4 Å². The van der Waals surface area contributed by atoms with E-state index in [1.807, 2.05) is 42.5 Å². The molecule has 2 N–H and O–H groups in total. The van der Waals surface area contributed by atoms with Crippen molar-refractivity contribution in [2.75, 3.05) is 12.4 Å². The Kier molecular flexibility index (Phi) is 4.60. The molecule has 0 aliphatic carbocycles. The Labute approximate surface area is 160 Å². The normalized spacial score (nSPS) is 10.6. The van der Waals surface area contributed by atoms with Gasteiger partial charge in [0.15, 0.2) is 0 Å². The molecular weight excluding hydrogens is 354 g/mol. The van der Waals surface area contributed by atoms with E-state index in [4.69, 9.17) is 4.74 Å². The van der Waals surface area contributed by atoms with Crippen LogP contribution in [0.3, 0.4) is 0 Å². The molecule has 3 aromatic carbocycles. The summed E-state index contributed by atoms with van der Waals surface area (Å²) < 4.78 is 5.42. The third kappa shape index (κ3) is 3.23. The zero-order chi connectivity index (χ0) is 19.5. The highest BCUT2D eigenvalue weighted by atomic mass is 16.5. The maximum absolute atomic E-state index is 12.8. The van der Waals surface area contributed by atoms with Gasteiger partial charge in [0.25, 0.3) is 11.5 Å². The number of hydrogen-bond donors (Lipinski definition) is 2. The first kappa shape index (κ1) is 17.5. The van der Waals surface area contributed by atoms with Crippen LogP contribution in [0.5, 0.6) is 5.75 Å². The average Bonchev–Trinajstić information content (AvgIpc) is 2.73. The van der Waals surface area contributed by atoms with Crippen molar-refractivity contribution in [1.82, 2.24) is 10.2 Å². The molecule has 0 fully saturated rings. The van der Waals surface area contributed by atoms with Gasteiger partial charge in [-0.3, -0.25) is 9.59 Å². The lowest BCUT2D eigenvalue weighted by Gasteiger charge is -2.11. The topological polar surface area (TPSA) is 84.1 Å². The number of methoxy groups -OCH3 is 1. The molecule has 4 aromatic rings. The first-order valence-corrected chi connectivity index (χ1v) is 8.68. The second-order valence-electron chi connectivity index (χ2n) is 6.20. The summed E-state index contributed by atoms with van der Waals surface area (Å²) in [6.45, 7) is 0. The number of benzene rings is 3. The largest absolute Gasteiger partial charge is 0.496 e. The second kappa shape index (κ2) is 7.36. The summed E-state index contributed by atoms with van der Waals surface area (Å²) in [6, 6.07) is 20.2. The van der Waals surface area contributed by atoms with E-state index in [0.29, 0.717) is 22.0 Å². The SMILES string of the molecule is COc1ccccc1-c1cccc(NC(=O)c2cccc3cn[nH]c(=O)c23)c1. The smallest absolute Gasteiger partial charge is 0.272 e. The van der Waals surface area contributed by atoms with E-state index in [1.54, 1.807) is 31.4 Å². The fourth-order valence-electron chi connectivity index (χ4n) is 3.18. The Balaban J connectivity index is 1.69. The molecule has 1 amide bonds. The predicted octanol–water partition coefficient (Wildman–Crippen LogP) is 3.85. The van der Waals surface area contributed by atoms with Gasteiger partial charge in [-0.05, 0) is 29.8 Å². The van der Waals surface area contributed by atoms with Crippen molar-refractivity contribution in [3.63, 3.8) is 0 Å². The maximum atomic E-state index is 12.8. The number of amides is 1. The number of carbonyl (C=O) groups is 1. The molecule has 0 aliphatic heterocycles. The van der Waals surface area contributed by atoms with E-state index in [0.717, 1.165) is 16.9 Å². The number of aromatic amines is 1. The van der Waals surface area contributed by atoms with E-state index >= 15 is 0 Å². The van der Waals surface area contributed by atoms with Crippen LogP contribution in [0.2, 0.25) is 0 Å². The quantitative estimate of drug-likeness (QED) is 0.571. The molecule has 0 unspecified atom stereocenters. The second-order valence-corrected chi connectivity index (χ2v) is 6.20. The third-order valence-electron chi connectivity index (χ3n) is 4.48. The van der Waals surface area contributed by atoms with Gasteiger partial charge in [-0.25, -0.2) is 5.10 Å². The predicted molar refractivity (Wildman–Crippen MR) is 109 cm³/mol. The molecule has 1 aromatic heterocycles. The van der Waals surface area contributed by atoms with Gasteiger partial charge in [0, 0.05) is 16.6 Å². The fourth-order valence-corrected chi connectivity index (χ4v) is 3.18. The molecule has 0 saturated heterocycles. The molecular formula is C22H17N3O3. The number of nitrogens with zero attached hydrogens (tertiary/aromatic N) is 1. The number of fused-ring (bicyclic) bond motifs is 1. The molecule has 0 aliphatic rings. The van der Waals surface area contributed by atoms with Crippen molar-refractivity contribution in [1.29, 1.82) is 0 Å². The third-order valence-corrected chi connectivity index (χ3v) is 4.48. The van der Waals surface area contributed by atoms with Crippen LogP contribution >= 0.6 is 0 Å². The lowest BCUT2D eigenvalue weighted by Crippen LogP contribution is -2.17. The van der Waals surface area contributed by atoms with Crippen LogP contribution in [0.25, 0.3) is 21.9 Å². The summed E-state index contributed by atoms with van der Waals surface area (Å²) in [5.74, 6) is 0.388. The average molecular weight is 371 g/mol. The zero-order valence-corrected chi connectivity index (χ0v) is 15.1. The van der Waals surface area contributed by atoms with Gasteiger partial charge < -0.3 is 10.1 Å². The molecule has 6 nitrogen and oxygen atoms in total. The van der Waals surface area contributed by atoms with Gasteiger partial charge in [-0.15, -0.1) is 0 Å². The number of carbonyl (C=O) groups excluding carboxylic acids is 1. The monoisotopic (exact) mass is 371 g/mol. The maximum Gasteiger partial charge on any atom is 0.272 e. The van der Waals surface area contributed by atoms with Gasteiger partial charge in [-0.1, -0.05) is 42.5 Å². The minimum atomic E-state index is -0.397. The van der Waals surface area contributed by atoms with Gasteiger partial charge in [0.05, 0.1) is 24.3 Å². The van der Waals surface area contributed by atoms with E-state index < -0.39 is 5.56 Å². The summed E-state index contributed by atoms with van der Waals surface area (Å²) in [5, 5.41) is 9.95. The number of para-hydroxylation sites is 1. The molecule has 6 heteroatoms. The number of hydrogen-bond acceptors (Lipinski definition) is 4. The molecule has 28 heavy (non-hydrogen) atoms. The van der Waals surface area contributed by atoms with Crippen LogP contribution in [0.1, 0.15) is 10.4 Å². The van der Waals surface area contributed by atoms with Crippen LogP contribution in [0.15, 0.2) is 77.7 Å². The van der Waals surface area contributed by atoms with E-state index in [1.165, 1.54) is 6.20 Å². The number of nitrogens with one attached hydrogen (secondary N) is 2. The van der Waals surface area contributed by atoms with E-state index in [9.17, 15) is 9.59 Å². The number of anilines is 1. The highest BCUT2D eigenvalue weighted by Gasteiger charge is 2.14. The summed E-state index contributed by atoms with van der Waals surface area (Å²) in [5.41, 5.74) is 2.36. The Morgan fingerprint density at radius 1 is 1.04 bits per heavy atom.